The van der Waals surface area contributed by atoms with E-state index in [2.05, 4.69) is 196 Å². The van der Waals surface area contributed by atoms with Crippen molar-refractivity contribution in [1.82, 2.24) is 0 Å². The fourth-order valence-corrected chi connectivity index (χ4v) is 11.3. The Morgan fingerprint density at radius 2 is 0.929 bits per heavy atom. The molecule has 0 saturated carbocycles. The molecule has 0 nitrogen and oxygen atoms in total. The minimum absolute atomic E-state index is 0.104. The average molecular weight is 729 g/mol. The van der Waals surface area contributed by atoms with Gasteiger partial charge >= 0.3 is 0 Å². The number of hydrogen-bond acceptors (Lipinski definition) is 1. The molecule has 0 unspecified atom stereocenters. The monoisotopic (exact) mass is 728 g/mol. The van der Waals surface area contributed by atoms with E-state index < -0.39 is 0 Å². The van der Waals surface area contributed by atoms with Gasteiger partial charge in [0.05, 0.1) is 0 Å². The highest BCUT2D eigenvalue weighted by molar-refractivity contribution is 7.26. The highest BCUT2D eigenvalue weighted by atomic mass is 32.1. The van der Waals surface area contributed by atoms with Crippen molar-refractivity contribution < 1.29 is 0 Å². The van der Waals surface area contributed by atoms with Gasteiger partial charge in [0.2, 0.25) is 0 Å². The zero-order valence-corrected chi connectivity index (χ0v) is 32.0. The predicted octanol–water partition coefficient (Wildman–Crippen LogP) is 16.0. The van der Waals surface area contributed by atoms with E-state index in [-0.39, 0.29) is 5.41 Å². The lowest BCUT2D eigenvalue weighted by atomic mass is 9.80. The summed E-state index contributed by atoms with van der Waals surface area (Å²) in [5, 5.41) is 13.1. The Labute approximate surface area is 329 Å². The summed E-state index contributed by atoms with van der Waals surface area (Å²) in [5.41, 5.74) is 13.0. The van der Waals surface area contributed by atoms with Crippen molar-refractivity contribution in [2.24, 2.45) is 0 Å². The molecule has 10 aromatic carbocycles. The third-order valence-corrected chi connectivity index (χ3v) is 13.8. The van der Waals surface area contributed by atoms with E-state index in [4.69, 9.17) is 0 Å². The molecule has 0 bridgehead atoms. The Balaban J connectivity index is 0.986. The van der Waals surface area contributed by atoms with Crippen molar-refractivity contribution in [3.8, 4) is 44.5 Å². The first-order valence-electron chi connectivity index (χ1n) is 19.6. The maximum absolute atomic E-state index is 2.44. The summed E-state index contributed by atoms with van der Waals surface area (Å²) < 4.78 is 2.76. The van der Waals surface area contributed by atoms with Gasteiger partial charge in [-0.15, -0.1) is 11.3 Å². The van der Waals surface area contributed by atoms with Gasteiger partial charge < -0.3 is 0 Å². The van der Waals surface area contributed by atoms with Gasteiger partial charge in [0, 0.05) is 25.6 Å². The predicted molar refractivity (Wildman–Crippen MR) is 243 cm³/mol. The third-order valence-electron chi connectivity index (χ3n) is 12.6. The summed E-state index contributed by atoms with van der Waals surface area (Å²) in [7, 11) is 0. The van der Waals surface area contributed by atoms with Gasteiger partial charge in [-0.05, 0) is 117 Å². The standard InChI is InChI=1S/C55H36S/c1-55(2)48-29-26-38(32-47(48)45-28-30-49-52(53(45)55)46-27-25-35-12-5-6-14-40(35)54(46)56-49)34-19-22-36(23-20-34)50-41-15-7-9-17-43(41)51(44-18-10-8-16-42(44)50)39-24-21-33-11-3-4-13-37(33)31-39/h3-32H,1-2H3. The van der Waals surface area contributed by atoms with Crippen LogP contribution in [0.5, 0.6) is 0 Å². The van der Waals surface area contributed by atoms with Crippen LogP contribution < -0.4 is 0 Å². The smallest absolute Gasteiger partial charge is 0.0433 e. The fourth-order valence-electron chi connectivity index (χ4n) is 10.0. The second kappa shape index (κ2) is 11.7. The average Bonchev–Trinajstić information content (AvgIpc) is 3.74. The van der Waals surface area contributed by atoms with Gasteiger partial charge in [0.25, 0.3) is 0 Å². The van der Waals surface area contributed by atoms with Crippen LogP contribution in [0.1, 0.15) is 25.0 Å². The van der Waals surface area contributed by atoms with Crippen LogP contribution >= 0.6 is 11.3 Å². The van der Waals surface area contributed by atoms with Crippen LogP contribution in [0, 0.1) is 0 Å². The fraction of sp³-hybridized carbons (Fsp3) is 0.0545. The first-order chi connectivity index (χ1) is 27.5. The highest BCUT2D eigenvalue weighted by Gasteiger charge is 2.38. The molecule has 1 aliphatic carbocycles. The van der Waals surface area contributed by atoms with E-state index in [1.807, 2.05) is 11.3 Å². The molecule has 0 amide bonds. The molecule has 56 heavy (non-hydrogen) atoms. The highest BCUT2D eigenvalue weighted by Crippen LogP contribution is 2.55. The molecule has 1 heteroatoms. The van der Waals surface area contributed by atoms with Crippen molar-refractivity contribution in [2.45, 2.75) is 19.3 Å². The van der Waals surface area contributed by atoms with Gasteiger partial charge in [-0.3, -0.25) is 0 Å². The summed E-state index contributed by atoms with van der Waals surface area (Å²) in [6.45, 7) is 4.83. The maximum Gasteiger partial charge on any atom is 0.0433 e. The number of benzene rings is 10. The van der Waals surface area contributed by atoms with Gasteiger partial charge in [-0.2, -0.15) is 0 Å². The lowest BCUT2D eigenvalue weighted by Gasteiger charge is -2.23. The summed E-state index contributed by atoms with van der Waals surface area (Å²) in [6, 6.07) is 68.1. The molecule has 1 heterocycles. The summed E-state index contributed by atoms with van der Waals surface area (Å²) in [4.78, 5) is 0. The van der Waals surface area contributed by atoms with Crippen molar-refractivity contribution in [3.05, 3.63) is 193 Å². The number of thiophene rings is 1. The molecule has 0 N–H and O–H groups in total. The van der Waals surface area contributed by atoms with Crippen LogP contribution in [0.2, 0.25) is 0 Å². The minimum Gasteiger partial charge on any atom is -0.135 e. The molecule has 11 aromatic rings. The minimum atomic E-state index is -0.104. The molecule has 0 atom stereocenters. The van der Waals surface area contributed by atoms with Crippen molar-refractivity contribution in [3.63, 3.8) is 0 Å². The SMILES string of the molecule is CC1(C)c2ccc(-c3ccc(-c4c5ccccc5c(-c5ccc6ccccc6c5)c5ccccc45)cc3)cc2-c2ccc3sc4c5ccccc5ccc4c3c21. The van der Waals surface area contributed by atoms with Crippen LogP contribution in [-0.4, -0.2) is 0 Å². The summed E-state index contributed by atoms with van der Waals surface area (Å²) >= 11 is 1.94. The molecule has 0 saturated heterocycles. The Morgan fingerprint density at radius 1 is 0.375 bits per heavy atom. The molecule has 1 aromatic heterocycles. The number of rotatable bonds is 3. The molecule has 0 spiro atoms. The summed E-state index contributed by atoms with van der Waals surface area (Å²) in [6.07, 6.45) is 0. The van der Waals surface area contributed by atoms with Crippen LogP contribution in [0.25, 0.3) is 108 Å². The second-order valence-electron chi connectivity index (χ2n) is 16.0. The first-order valence-corrected chi connectivity index (χ1v) is 20.4. The van der Waals surface area contributed by atoms with Gasteiger partial charge in [0.1, 0.15) is 0 Å². The molecule has 0 aliphatic heterocycles. The van der Waals surface area contributed by atoms with E-state index in [1.54, 1.807) is 0 Å². The van der Waals surface area contributed by atoms with Crippen molar-refractivity contribution in [1.29, 1.82) is 0 Å². The topological polar surface area (TPSA) is 0 Å². The zero-order chi connectivity index (χ0) is 37.1. The molecular formula is C55H36S. The first kappa shape index (κ1) is 31.8. The Morgan fingerprint density at radius 3 is 1.64 bits per heavy atom. The maximum atomic E-state index is 2.44. The van der Waals surface area contributed by atoms with E-state index in [0.29, 0.717) is 0 Å². The lowest BCUT2D eigenvalue weighted by Crippen LogP contribution is -2.15. The van der Waals surface area contributed by atoms with Gasteiger partial charge in [0.15, 0.2) is 0 Å². The number of fused-ring (bicyclic) bond motifs is 12. The summed E-state index contributed by atoms with van der Waals surface area (Å²) in [5.74, 6) is 0. The van der Waals surface area contributed by atoms with E-state index >= 15 is 0 Å². The molecule has 1 aliphatic rings. The van der Waals surface area contributed by atoms with Crippen LogP contribution in [0.3, 0.4) is 0 Å². The molecule has 12 rings (SSSR count). The van der Waals surface area contributed by atoms with E-state index in [0.717, 1.165) is 0 Å². The van der Waals surface area contributed by atoms with E-state index in [1.165, 1.54) is 119 Å². The molecule has 0 radical (unpaired) electrons. The van der Waals surface area contributed by atoms with Gasteiger partial charge in [-0.1, -0.05) is 178 Å². The normalized spacial score (nSPS) is 13.3. The Hall–Kier alpha value is -6.54. The van der Waals surface area contributed by atoms with Crippen LogP contribution in [-0.2, 0) is 5.41 Å². The quantitative estimate of drug-likeness (QED) is 0.159. The second-order valence-corrected chi connectivity index (χ2v) is 17.0. The lowest BCUT2D eigenvalue weighted by molar-refractivity contribution is 0.667. The Kier molecular flexibility index (Phi) is 6.66. The molecule has 262 valence electrons. The zero-order valence-electron chi connectivity index (χ0n) is 31.2. The van der Waals surface area contributed by atoms with Crippen LogP contribution in [0.15, 0.2) is 182 Å². The molecule has 0 fully saturated rings. The Bertz CT molecular complexity index is 3370. The largest absolute Gasteiger partial charge is 0.135 e. The van der Waals surface area contributed by atoms with E-state index in [9.17, 15) is 0 Å². The number of hydrogen-bond donors (Lipinski definition) is 0. The van der Waals surface area contributed by atoms with Crippen molar-refractivity contribution in [2.75, 3.05) is 0 Å². The molecular weight excluding hydrogens is 693 g/mol. The van der Waals surface area contributed by atoms with Crippen molar-refractivity contribution >= 4 is 74.6 Å². The van der Waals surface area contributed by atoms with Gasteiger partial charge in [-0.25, -0.2) is 0 Å². The third kappa shape index (κ3) is 4.47. The van der Waals surface area contributed by atoms with Crippen LogP contribution in [0.4, 0.5) is 0 Å².